The minimum atomic E-state index is -0.512. The van der Waals surface area contributed by atoms with Gasteiger partial charge in [-0.15, -0.1) is 0 Å². The summed E-state index contributed by atoms with van der Waals surface area (Å²) in [6.45, 7) is 8.56. The third-order valence-corrected chi connectivity index (χ3v) is 3.99. The van der Waals surface area contributed by atoms with Crippen molar-refractivity contribution in [2.24, 2.45) is 11.8 Å². The molecule has 0 amide bonds. The van der Waals surface area contributed by atoms with Crippen molar-refractivity contribution in [3.63, 3.8) is 0 Å². The summed E-state index contributed by atoms with van der Waals surface area (Å²) in [5.74, 6) is 0.123. The van der Waals surface area contributed by atoms with E-state index >= 15 is 0 Å². The topological polar surface area (TPSA) is 46.5 Å². The van der Waals surface area contributed by atoms with E-state index in [2.05, 4.69) is 20.8 Å². The number of carbonyl (C=O) groups is 1. The first-order valence-corrected chi connectivity index (χ1v) is 8.45. The van der Waals surface area contributed by atoms with Gasteiger partial charge in [0, 0.05) is 0 Å². The molecule has 0 spiro atoms. The van der Waals surface area contributed by atoms with E-state index < -0.39 is 6.10 Å². The molecule has 0 radical (unpaired) electrons. The van der Waals surface area contributed by atoms with Crippen molar-refractivity contribution in [3.8, 4) is 0 Å². The van der Waals surface area contributed by atoms with Crippen LogP contribution in [0, 0.1) is 11.8 Å². The Morgan fingerprint density at radius 3 is 2.05 bits per heavy atom. The van der Waals surface area contributed by atoms with Gasteiger partial charge in [-0.1, -0.05) is 53.4 Å². The summed E-state index contributed by atoms with van der Waals surface area (Å²) in [5.41, 5.74) is 0. The molecule has 3 heteroatoms. The fraction of sp³-hybridized carbons (Fsp3) is 0.941. The minimum Gasteiger partial charge on any atom is -0.463 e. The minimum absolute atomic E-state index is 0.00190. The Morgan fingerprint density at radius 1 is 1.00 bits per heavy atom. The summed E-state index contributed by atoms with van der Waals surface area (Å²) in [5, 5.41) is 10.2. The Labute approximate surface area is 125 Å². The van der Waals surface area contributed by atoms with Gasteiger partial charge in [0.15, 0.2) is 0 Å². The molecule has 0 saturated carbocycles. The SMILES string of the molecule is CCCCC(CC)C(=O)OCC(O)C(CCC)CCC. The molecule has 0 aromatic rings. The lowest BCUT2D eigenvalue weighted by Gasteiger charge is -2.23. The van der Waals surface area contributed by atoms with Gasteiger partial charge >= 0.3 is 5.97 Å². The zero-order chi connectivity index (χ0) is 15.4. The van der Waals surface area contributed by atoms with Crippen molar-refractivity contribution >= 4 is 5.97 Å². The Morgan fingerprint density at radius 2 is 1.60 bits per heavy atom. The maximum atomic E-state index is 12.0. The molecule has 0 saturated heterocycles. The zero-order valence-electron chi connectivity index (χ0n) is 13.9. The first-order valence-electron chi connectivity index (χ1n) is 8.45. The van der Waals surface area contributed by atoms with Gasteiger partial charge in [0.05, 0.1) is 12.0 Å². The van der Waals surface area contributed by atoms with E-state index in [0.29, 0.717) is 0 Å². The van der Waals surface area contributed by atoms with Gasteiger partial charge in [0.25, 0.3) is 0 Å². The molecule has 0 aromatic carbocycles. The van der Waals surface area contributed by atoms with Crippen molar-refractivity contribution in [3.05, 3.63) is 0 Å². The van der Waals surface area contributed by atoms with E-state index in [0.717, 1.165) is 51.4 Å². The van der Waals surface area contributed by atoms with Crippen LogP contribution >= 0.6 is 0 Å². The molecule has 0 aliphatic carbocycles. The molecule has 120 valence electrons. The van der Waals surface area contributed by atoms with E-state index in [4.69, 9.17) is 4.74 Å². The van der Waals surface area contributed by atoms with E-state index in [1.807, 2.05) is 6.92 Å². The van der Waals surface area contributed by atoms with Gasteiger partial charge in [0.1, 0.15) is 6.61 Å². The Balaban J connectivity index is 4.18. The molecule has 3 nitrogen and oxygen atoms in total. The van der Waals surface area contributed by atoms with Crippen molar-refractivity contribution in [1.29, 1.82) is 0 Å². The summed E-state index contributed by atoms with van der Waals surface area (Å²) in [6.07, 6.45) is 7.48. The molecule has 0 rings (SSSR count). The molecule has 0 bridgehead atoms. The summed E-state index contributed by atoms with van der Waals surface area (Å²) in [7, 11) is 0. The number of ether oxygens (including phenoxy) is 1. The number of aliphatic hydroxyl groups excluding tert-OH is 1. The van der Waals surface area contributed by atoms with E-state index in [-0.39, 0.29) is 24.4 Å². The van der Waals surface area contributed by atoms with Crippen LogP contribution in [0.2, 0.25) is 0 Å². The Kier molecular flexibility index (Phi) is 11.8. The van der Waals surface area contributed by atoms with Crippen LogP contribution in [0.4, 0.5) is 0 Å². The summed E-state index contributed by atoms with van der Waals surface area (Å²) >= 11 is 0. The number of hydrogen-bond donors (Lipinski definition) is 1. The lowest BCUT2D eigenvalue weighted by atomic mass is 9.93. The molecule has 2 atom stereocenters. The van der Waals surface area contributed by atoms with Gasteiger partial charge in [0.2, 0.25) is 0 Å². The lowest BCUT2D eigenvalue weighted by molar-refractivity contribution is -0.153. The quantitative estimate of drug-likeness (QED) is 0.543. The highest BCUT2D eigenvalue weighted by Crippen LogP contribution is 2.19. The van der Waals surface area contributed by atoms with Crippen LogP contribution in [0.25, 0.3) is 0 Å². The highest BCUT2D eigenvalue weighted by Gasteiger charge is 2.22. The molecule has 0 aliphatic heterocycles. The number of rotatable bonds is 12. The zero-order valence-corrected chi connectivity index (χ0v) is 13.9. The fourth-order valence-corrected chi connectivity index (χ4v) is 2.63. The molecular formula is C17H34O3. The van der Waals surface area contributed by atoms with Gasteiger partial charge in [-0.2, -0.15) is 0 Å². The van der Waals surface area contributed by atoms with Gasteiger partial charge in [-0.3, -0.25) is 4.79 Å². The van der Waals surface area contributed by atoms with Crippen LogP contribution in [-0.4, -0.2) is 23.8 Å². The average Bonchev–Trinajstić information content (AvgIpc) is 2.45. The van der Waals surface area contributed by atoms with E-state index in [9.17, 15) is 9.90 Å². The number of hydrogen-bond acceptors (Lipinski definition) is 3. The predicted molar refractivity (Wildman–Crippen MR) is 83.6 cm³/mol. The lowest BCUT2D eigenvalue weighted by Crippen LogP contribution is -2.29. The van der Waals surface area contributed by atoms with Gasteiger partial charge < -0.3 is 9.84 Å². The number of unbranched alkanes of at least 4 members (excludes halogenated alkanes) is 1. The fourth-order valence-electron chi connectivity index (χ4n) is 2.63. The van der Waals surface area contributed by atoms with Crippen LogP contribution in [0.1, 0.15) is 79.1 Å². The third kappa shape index (κ3) is 7.88. The monoisotopic (exact) mass is 286 g/mol. The maximum Gasteiger partial charge on any atom is 0.309 e. The van der Waals surface area contributed by atoms with E-state index in [1.165, 1.54) is 0 Å². The first-order chi connectivity index (χ1) is 9.60. The molecule has 1 N–H and O–H groups in total. The van der Waals surface area contributed by atoms with Crippen molar-refractivity contribution in [1.82, 2.24) is 0 Å². The Hall–Kier alpha value is -0.570. The molecule has 0 aromatic heterocycles. The second-order valence-corrected chi connectivity index (χ2v) is 5.78. The molecule has 0 fully saturated rings. The standard InChI is InChI=1S/C17H34O3/c1-5-9-12-14(8-4)17(19)20-13-16(18)15(10-6-2)11-7-3/h14-16,18H,5-13H2,1-4H3. The maximum absolute atomic E-state index is 12.0. The van der Waals surface area contributed by atoms with Crippen LogP contribution in [-0.2, 0) is 9.53 Å². The average molecular weight is 286 g/mol. The summed E-state index contributed by atoms with van der Waals surface area (Å²) in [6, 6.07) is 0. The molecule has 2 unspecified atom stereocenters. The first kappa shape index (κ1) is 19.4. The van der Waals surface area contributed by atoms with Crippen molar-refractivity contribution in [2.75, 3.05) is 6.61 Å². The normalized spacial score (nSPS) is 14.3. The summed E-state index contributed by atoms with van der Waals surface area (Å²) in [4.78, 5) is 12.0. The molecule has 0 heterocycles. The summed E-state index contributed by atoms with van der Waals surface area (Å²) < 4.78 is 5.34. The third-order valence-electron chi connectivity index (χ3n) is 3.99. The van der Waals surface area contributed by atoms with Crippen LogP contribution in [0.5, 0.6) is 0 Å². The predicted octanol–water partition coefficient (Wildman–Crippen LogP) is 4.32. The molecule has 0 aliphatic rings. The van der Waals surface area contributed by atoms with E-state index in [1.54, 1.807) is 0 Å². The second-order valence-electron chi connectivity index (χ2n) is 5.78. The number of aliphatic hydroxyl groups is 1. The molecular weight excluding hydrogens is 252 g/mol. The van der Waals surface area contributed by atoms with Crippen LogP contribution in [0.3, 0.4) is 0 Å². The smallest absolute Gasteiger partial charge is 0.309 e. The van der Waals surface area contributed by atoms with Crippen molar-refractivity contribution < 1.29 is 14.6 Å². The van der Waals surface area contributed by atoms with Gasteiger partial charge in [-0.25, -0.2) is 0 Å². The van der Waals surface area contributed by atoms with Crippen LogP contribution < -0.4 is 0 Å². The highest BCUT2D eigenvalue weighted by atomic mass is 16.5. The molecule has 20 heavy (non-hydrogen) atoms. The number of carbonyl (C=O) groups excluding carboxylic acids is 1. The van der Waals surface area contributed by atoms with Gasteiger partial charge in [-0.05, 0) is 31.6 Å². The largest absolute Gasteiger partial charge is 0.463 e. The van der Waals surface area contributed by atoms with Crippen LogP contribution in [0.15, 0.2) is 0 Å². The number of esters is 1. The highest BCUT2D eigenvalue weighted by molar-refractivity contribution is 5.72. The van der Waals surface area contributed by atoms with Crippen molar-refractivity contribution in [2.45, 2.75) is 85.2 Å². The second kappa shape index (κ2) is 12.2. The Bertz CT molecular complexity index is 234.